The SMILES string of the molecule is O=C(NCCSCSCCN=CS(=O)CCSCSCCSC(=O)NCCSCSCCN=COOCCO)OCCO. The molecule has 0 fully saturated rings. The summed E-state index contributed by atoms with van der Waals surface area (Å²) in [5, 5.41) is 25.4. The number of carbonyl (C=O) groups excluding carboxylic acids is 2. The molecular weight excluding hydrogens is 717 g/mol. The molecule has 0 saturated heterocycles. The highest BCUT2D eigenvalue weighted by Gasteiger charge is 2.03. The van der Waals surface area contributed by atoms with E-state index in [1.54, 1.807) is 76.1 Å². The third-order valence-electron chi connectivity index (χ3n) is 4.03. The van der Waals surface area contributed by atoms with Crippen LogP contribution in [0.2, 0.25) is 0 Å². The highest BCUT2D eigenvalue weighted by Crippen LogP contribution is 2.15. The van der Waals surface area contributed by atoms with Gasteiger partial charge >= 0.3 is 6.09 Å². The maximum Gasteiger partial charge on any atom is 0.407 e. The number of aliphatic hydroxyl groups is 2. The standard InChI is InChI=1S/C23H44N4O8S8/c28-5-7-33-22(30)26-3-11-38-20-37-10-2-25-18-43(32)16-15-41-21-40-13-14-42-23(31)27-4-12-39-19-36-9-1-24-17-35-34-8-6-29/h17-18,28-29H,1-16,19-21H2,(H,26,30)(H,27,31). The molecule has 0 aromatic heterocycles. The Morgan fingerprint density at radius 2 is 1.35 bits per heavy atom. The number of amides is 2. The predicted molar refractivity (Wildman–Crippen MR) is 195 cm³/mol. The lowest BCUT2D eigenvalue weighted by atomic mass is 10.7. The molecule has 0 radical (unpaired) electrons. The molecule has 0 saturated carbocycles. The molecule has 12 nitrogen and oxygen atoms in total. The van der Waals surface area contributed by atoms with Crippen LogP contribution in [0.3, 0.4) is 0 Å². The summed E-state index contributed by atoms with van der Waals surface area (Å²) in [6, 6.07) is 0. The maximum absolute atomic E-state index is 12.0. The van der Waals surface area contributed by atoms with Crippen LogP contribution >= 0.6 is 82.3 Å². The van der Waals surface area contributed by atoms with Gasteiger partial charge in [-0.15, -0.1) is 47.0 Å². The van der Waals surface area contributed by atoms with Gasteiger partial charge in [0.15, 0.2) is 0 Å². The second-order valence-electron chi connectivity index (χ2n) is 7.40. The van der Waals surface area contributed by atoms with Crippen LogP contribution in [-0.4, -0.2) is 152 Å². The Balaban J connectivity index is 3.37. The Labute approximate surface area is 287 Å². The molecule has 1 unspecified atom stereocenters. The number of aliphatic hydroxyl groups excluding tert-OH is 2. The summed E-state index contributed by atoms with van der Waals surface area (Å²) in [7, 11) is -1.05. The lowest BCUT2D eigenvalue weighted by Crippen LogP contribution is -2.27. The molecule has 4 N–H and O–H groups in total. The summed E-state index contributed by atoms with van der Waals surface area (Å²) in [6.45, 7) is 2.28. The van der Waals surface area contributed by atoms with Gasteiger partial charge < -0.3 is 30.5 Å². The summed E-state index contributed by atoms with van der Waals surface area (Å²) in [4.78, 5) is 40.6. The first-order valence-electron chi connectivity index (χ1n) is 13.2. The van der Waals surface area contributed by atoms with Gasteiger partial charge in [-0.2, -0.15) is 28.4 Å². The molecule has 0 rings (SSSR count). The Morgan fingerprint density at radius 1 is 0.744 bits per heavy atom. The first-order chi connectivity index (χ1) is 21.1. The molecule has 20 heteroatoms. The summed E-state index contributed by atoms with van der Waals surface area (Å²) < 4.78 is 16.7. The van der Waals surface area contributed by atoms with E-state index in [2.05, 4.69) is 30.4 Å². The number of carbonyl (C=O) groups is 2. The molecule has 0 aromatic rings. The minimum absolute atomic E-state index is 0.00429. The zero-order valence-electron chi connectivity index (χ0n) is 24.1. The van der Waals surface area contributed by atoms with Gasteiger partial charge in [0.05, 0.1) is 36.1 Å². The third kappa shape index (κ3) is 36.7. The van der Waals surface area contributed by atoms with E-state index < -0.39 is 16.9 Å². The minimum atomic E-state index is -1.05. The Kier molecular flexibility index (Phi) is 37.1. The molecule has 0 spiro atoms. The Bertz CT molecular complexity index is 747. The lowest BCUT2D eigenvalue weighted by molar-refractivity contribution is -0.221. The lowest BCUT2D eigenvalue weighted by Gasteiger charge is -2.05. The normalized spacial score (nSPS) is 12.1. The van der Waals surface area contributed by atoms with Gasteiger partial charge in [-0.3, -0.25) is 19.0 Å². The largest absolute Gasteiger partial charge is 0.447 e. The van der Waals surface area contributed by atoms with Gasteiger partial charge in [-0.25, -0.2) is 4.79 Å². The van der Waals surface area contributed by atoms with Crippen molar-refractivity contribution in [3.63, 3.8) is 0 Å². The van der Waals surface area contributed by atoms with Crippen molar-refractivity contribution in [2.45, 2.75) is 0 Å². The summed E-state index contributed by atoms with van der Waals surface area (Å²) in [5.74, 6) is 6.42. The van der Waals surface area contributed by atoms with Crippen molar-refractivity contribution in [3.8, 4) is 0 Å². The van der Waals surface area contributed by atoms with E-state index in [4.69, 9.17) is 14.9 Å². The minimum Gasteiger partial charge on any atom is -0.447 e. The smallest absolute Gasteiger partial charge is 0.407 e. The van der Waals surface area contributed by atoms with Crippen molar-refractivity contribution >= 4 is 116 Å². The Morgan fingerprint density at radius 3 is 2.05 bits per heavy atom. The molecule has 0 aliphatic carbocycles. The number of hydrogen-bond acceptors (Lipinski definition) is 17. The summed E-state index contributed by atoms with van der Waals surface area (Å²) >= 11 is 11.8. The number of ether oxygens (including phenoxy) is 1. The number of alkyl carbamates (subject to hydrolysis) is 1. The summed E-state index contributed by atoms with van der Waals surface area (Å²) in [5.41, 5.74) is 1.54. The van der Waals surface area contributed by atoms with E-state index >= 15 is 0 Å². The highest BCUT2D eigenvalue weighted by molar-refractivity contribution is 8.18. The topological polar surface area (TPSA) is 168 Å². The van der Waals surface area contributed by atoms with Gasteiger partial charge in [0, 0.05) is 80.9 Å². The van der Waals surface area contributed by atoms with Gasteiger partial charge in [-0.05, 0) is 0 Å². The van der Waals surface area contributed by atoms with E-state index in [0.29, 0.717) is 31.9 Å². The van der Waals surface area contributed by atoms with E-state index in [-0.39, 0.29) is 31.7 Å². The van der Waals surface area contributed by atoms with E-state index in [1.807, 2.05) is 0 Å². The van der Waals surface area contributed by atoms with Crippen LogP contribution in [-0.2, 0) is 25.3 Å². The average molecular weight is 761 g/mol. The number of hydrogen-bond donors (Lipinski definition) is 4. The van der Waals surface area contributed by atoms with Crippen LogP contribution in [0.1, 0.15) is 0 Å². The van der Waals surface area contributed by atoms with Gasteiger partial charge in [0.1, 0.15) is 13.2 Å². The van der Waals surface area contributed by atoms with Crippen LogP contribution in [0.15, 0.2) is 9.98 Å². The zero-order valence-corrected chi connectivity index (χ0v) is 30.6. The molecular formula is C23H44N4O8S8. The molecule has 0 heterocycles. The van der Waals surface area contributed by atoms with Gasteiger partial charge in [0.25, 0.3) is 5.24 Å². The quantitative estimate of drug-likeness (QED) is 0.0203. The number of aliphatic imine (C=N–C) groups is 2. The molecule has 2 amide bonds. The monoisotopic (exact) mass is 760 g/mol. The fraction of sp³-hybridized carbons (Fsp3) is 0.826. The average Bonchev–Trinajstić information content (AvgIpc) is 3.00. The first-order valence-corrected chi connectivity index (χ1v) is 22.5. The van der Waals surface area contributed by atoms with Crippen LogP contribution < -0.4 is 10.6 Å². The fourth-order valence-corrected chi connectivity index (χ4v) is 10.1. The van der Waals surface area contributed by atoms with Crippen LogP contribution in [0, 0.1) is 0 Å². The molecule has 0 bridgehead atoms. The predicted octanol–water partition coefficient (Wildman–Crippen LogP) is 3.17. The van der Waals surface area contributed by atoms with Crippen LogP contribution in [0.4, 0.5) is 9.59 Å². The zero-order chi connectivity index (χ0) is 31.5. The Hall–Kier alpha value is 0.360. The molecule has 0 aliphatic rings. The van der Waals surface area contributed by atoms with Gasteiger partial charge in [0.2, 0.25) is 6.40 Å². The number of rotatable bonds is 31. The van der Waals surface area contributed by atoms with Crippen LogP contribution in [0.5, 0.6) is 0 Å². The van der Waals surface area contributed by atoms with Gasteiger partial charge in [-0.1, -0.05) is 11.8 Å². The number of thioether (sulfide) groups is 7. The molecule has 252 valence electrons. The molecule has 43 heavy (non-hydrogen) atoms. The van der Waals surface area contributed by atoms with Crippen molar-refractivity contribution in [1.82, 2.24) is 10.6 Å². The molecule has 1 atom stereocenters. The van der Waals surface area contributed by atoms with Crippen molar-refractivity contribution in [3.05, 3.63) is 0 Å². The first kappa shape index (κ1) is 43.4. The van der Waals surface area contributed by atoms with E-state index in [9.17, 15) is 13.8 Å². The van der Waals surface area contributed by atoms with Crippen molar-refractivity contribution in [2.75, 3.05) is 114 Å². The van der Waals surface area contributed by atoms with Crippen LogP contribution in [0.25, 0.3) is 0 Å². The van der Waals surface area contributed by atoms with Crippen molar-refractivity contribution in [2.24, 2.45) is 9.98 Å². The fourth-order valence-electron chi connectivity index (χ4n) is 2.18. The van der Waals surface area contributed by atoms with E-state index in [1.165, 1.54) is 18.2 Å². The van der Waals surface area contributed by atoms with Crippen molar-refractivity contribution < 1.29 is 38.5 Å². The van der Waals surface area contributed by atoms with Crippen molar-refractivity contribution in [1.29, 1.82) is 0 Å². The second-order valence-corrected chi connectivity index (χ2v) is 17.6. The van der Waals surface area contributed by atoms with E-state index in [0.717, 1.165) is 55.5 Å². The maximum atomic E-state index is 12.0. The highest BCUT2D eigenvalue weighted by atomic mass is 32.2. The third-order valence-corrected chi connectivity index (χ3v) is 13.3. The number of nitrogens with zero attached hydrogens (tertiary/aromatic N) is 2. The number of nitrogens with one attached hydrogen (secondary N) is 2. The molecule has 0 aliphatic heterocycles. The second kappa shape index (κ2) is 36.8. The molecule has 0 aromatic carbocycles. The summed E-state index contributed by atoms with van der Waals surface area (Å²) in [6.07, 6.45) is 0.720.